The third kappa shape index (κ3) is 4.46. The maximum atomic E-state index is 12.4. The minimum absolute atomic E-state index is 0. The van der Waals surface area contributed by atoms with Crippen LogP contribution in [0.5, 0.6) is 0 Å². The third-order valence-electron chi connectivity index (χ3n) is 4.49. The number of ketones is 1. The van der Waals surface area contributed by atoms with Gasteiger partial charge >= 0.3 is 0 Å². The fourth-order valence-corrected chi connectivity index (χ4v) is 3.23. The van der Waals surface area contributed by atoms with E-state index < -0.39 is 0 Å². The molecule has 0 radical (unpaired) electrons. The van der Waals surface area contributed by atoms with Crippen molar-refractivity contribution in [1.82, 2.24) is 10.5 Å². The van der Waals surface area contributed by atoms with Crippen molar-refractivity contribution in [2.75, 3.05) is 6.54 Å². The van der Waals surface area contributed by atoms with Gasteiger partial charge in [-0.1, -0.05) is 48.8 Å². The Balaban J connectivity index is 0.00000208. The number of Topliss-reactive ketones (excluding diaryl/α,β-unsaturated/α-hetero) is 1. The first-order valence-electron chi connectivity index (χ1n) is 8.56. The van der Waals surface area contributed by atoms with Crippen molar-refractivity contribution in [2.24, 2.45) is 0 Å². The van der Waals surface area contributed by atoms with Gasteiger partial charge in [0.05, 0.1) is 11.3 Å². The van der Waals surface area contributed by atoms with E-state index in [1.165, 1.54) is 12.8 Å². The van der Waals surface area contributed by atoms with Crippen molar-refractivity contribution in [3.63, 3.8) is 0 Å². The second-order valence-corrected chi connectivity index (χ2v) is 6.22. The van der Waals surface area contributed by atoms with Crippen molar-refractivity contribution >= 4 is 18.2 Å². The highest BCUT2D eigenvalue weighted by molar-refractivity contribution is 5.97. The Kier molecular flexibility index (Phi) is 7.00. The smallest absolute Gasteiger partial charge is 0.168 e. The second-order valence-electron chi connectivity index (χ2n) is 6.22. The summed E-state index contributed by atoms with van der Waals surface area (Å²) in [5, 5.41) is 7.73. The van der Waals surface area contributed by atoms with E-state index in [-0.39, 0.29) is 18.2 Å². The SMILES string of the molecule is CCC(=O)c1c(Cc2ccccc2)noc1CC1CCCCN1.Cl. The van der Waals surface area contributed by atoms with E-state index in [0.717, 1.165) is 36.4 Å². The standard InChI is InChI=1S/C19H24N2O2.ClH/c1-2-17(22)19-16(12-14-8-4-3-5-9-14)21-23-18(19)13-15-10-6-7-11-20-15;/h3-5,8-9,15,20H,2,6-7,10-13H2,1H3;1H. The molecular weight excluding hydrogens is 324 g/mol. The maximum Gasteiger partial charge on any atom is 0.168 e. The first kappa shape index (κ1) is 18.7. The van der Waals surface area contributed by atoms with Gasteiger partial charge in [0.1, 0.15) is 5.76 Å². The molecule has 1 unspecified atom stereocenters. The third-order valence-corrected chi connectivity index (χ3v) is 4.49. The van der Waals surface area contributed by atoms with Crippen LogP contribution in [0.3, 0.4) is 0 Å². The molecule has 24 heavy (non-hydrogen) atoms. The Morgan fingerprint density at radius 2 is 2.08 bits per heavy atom. The van der Waals surface area contributed by atoms with E-state index in [1.807, 2.05) is 25.1 Å². The summed E-state index contributed by atoms with van der Waals surface area (Å²) in [6, 6.07) is 10.5. The van der Waals surface area contributed by atoms with E-state index in [4.69, 9.17) is 4.52 Å². The number of nitrogens with one attached hydrogen (secondary N) is 1. The molecule has 3 rings (SSSR count). The van der Waals surface area contributed by atoms with Gasteiger partial charge in [-0.15, -0.1) is 12.4 Å². The first-order chi connectivity index (χ1) is 11.3. The number of piperidine rings is 1. The zero-order valence-corrected chi connectivity index (χ0v) is 14.9. The van der Waals surface area contributed by atoms with Gasteiger partial charge in [0.2, 0.25) is 0 Å². The Morgan fingerprint density at radius 3 is 2.75 bits per heavy atom. The van der Waals surface area contributed by atoms with Crippen LogP contribution in [0.2, 0.25) is 0 Å². The Hall–Kier alpha value is -1.65. The minimum atomic E-state index is 0. The van der Waals surface area contributed by atoms with Crippen LogP contribution in [0, 0.1) is 0 Å². The van der Waals surface area contributed by atoms with Crippen LogP contribution in [0.25, 0.3) is 0 Å². The van der Waals surface area contributed by atoms with Crippen LogP contribution in [-0.4, -0.2) is 23.5 Å². The molecule has 0 spiro atoms. The molecule has 0 aliphatic carbocycles. The molecular formula is C19H25ClN2O2. The number of carbonyl (C=O) groups excluding carboxylic acids is 1. The molecule has 4 nitrogen and oxygen atoms in total. The first-order valence-corrected chi connectivity index (χ1v) is 8.56. The molecule has 1 saturated heterocycles. The Bertz CT molecular complexity index is 649. The molecule has 1 aliphatic heterocycles. The lowest BCUT2D eigenvalue weighted by molar-refractivity contribution is 0.0985. The summed E-state index contributed by atoms with van der Waals surface area (Å²) in [4.78, 5) is 12.4. The zero-order chi connectivity index (χ0) is 16.1. The average Bonchev–Trinajstić information content (AvgIpc) is 2.98. The van der Waals surface area contributed by atoms with Gasteiger partial charge < -0.3 is 9.84 Å². The topological polar surface area (TPSA) is 55.1 Å². The molecule has 1 N–H and O–H groups in total. The number of halogens is 1. The summed E-state index contributed by atoms with van der Waals surface area (Å²) in [6.45, 7) is 2.94. The Morgan fingerprint density at radius 1 is 1.29 bits per heavy atom. The average molecular weight is 349 g/mol. The van der Waals surface area contributed by atoms with E-state index in [9.17, 15) is 4.79 Å². The monoisotopic (exact) mass is 348 g/mol. The van der Waals surface area contributed by atoms with Crippen LogP contribution in [0.1, 0.15) is 60.0 Å². The predicted molar refractivity (Wildman–Crippen MR) is 97.0 cm³/mol. The fraction of sp³-hybridized carbons (Fsp3) is 0.474. The molecule has 0 saturated carbocycles. The normalized spacial score (nSPS) is 17.3. The quantitative estimate of drug-likeness (QED) is 0.803. The van der Waals surface area contributed by atoms with Crippen molar-refractivity contribution in [2.45, 2.75) is 51.5 Å². The lowest BCUT2D eigenvalue weighted by Crippen LogP contribution is -2.35. The largest absolute Gasteiger partial charge is 0.360 e. The fourth-order valence-electron chi connectivity index (χ4n) is 3.23. The summed E-state index contributed by atoms with van der Waals surface area (Å²) in [5.74, 6) is 0.880. The second kappa shape index (κ2) is 9.00. The molecule has 2 heterocycles. The molecule has 1 fully saturated rings. The molecule has 130 valence electrons. The van der Waals surface area contributed by atoms with Crippen molar-refractivity contribution in [3.8, 4) is 0 Å². The molecule has 1 aliphatic rings. The highest BCUT2D eigenvalue weighted by Gasteiger charge is 2.24. The minimum Gasteiger partial charge on any atom is -0.360 e. The van der Waals surface area contributed by atoms with E-state index in [0.29, 0.717) is 24.4 Å². The lowest BCUT2D eigenvalue weighted by atomic mass is 9.95. The molecule has 1 atom stereocenters. The van der Waals surface area contributed by atoms with Crippen LogP contribution in [-0.2, 0) is 12.8 Å². The number of carbonyl (C=O) groups is 1. The van der Waals surface area contributed by atoms with E-state index in [2.05, 4.69) is 22.6 Å². The van der Waals surface area contributed by atoms with E-state index >= 15 is 0 Å². The van der Waals surface area contributed by atoms with Gasteiger partial charge in [-0.3, -0.25) is 4.79 Å². The number of aromatic nitrogens is 1. The predicted octanol–water partition coefficient (Wildman–Crippen LogP) is 3.96. The van der Waals surface area contributed by atoms with Crippen LogP contribution in [0.4, 0.5) is 0 Å². The molecule has 2 aromatic rings. The van der Waals surface area contributed by atoms with Crippen molar-refractivity contribution in [3.05, 3.63) is 52.9 Å². The number of benzene rings is 1. The highest BCUT2D eigenvalue weighted by Crippen LogP contribution is 2.23. The van der Waals surface area contributed by atoms with Gasteiger partial charge in [-0.05, 0) is 24.9 Å². The summed E-state index contributed by atoms with van der Waals surface area (Å²) in [7, 11) is 0. The summed E-state index contributed by atoms with van der Waals surface area (Å²) < 4.78 is 5.58. The molecule has 5 heteroatoms. The Labute approximate surface area is 149 Å². The van der Waals surface area contributed by atoms with Gasteiger partial charge in [-0.25, -0.2) is 0 Å². The molecule has 1 aromatic carbocycles. The number of hydrogen-bond donors (Lipinski definition) is 1. The molecule has 0 bridgehead atoms. The number of hydrogen-bond acceptors (Lipinski definition) is 4. The van der Waals surface area contributed by atoms with Crippen molar-refractivity contribution in [1.29, 1.82) is 0 Å². The highest BCUT2D eigenvalue weighted by atomic mass is 35.5. The molecule has 0 amide bonds. The van der Waals surface area contributed by atoms with Crippen LogP contribution < -0.4 is 5.32 Å². The molecule has 1 aromatic heterocycles. The van der Waals surface area contributed by atoms with Gasteiger partial charge in [-0.2, -0.15) is 0 Å². The van der Waals surface area contributed by atoms with Crippen molar-refractivity contribution < 1.29 is 9.32 Å². The maximum absolute atomic E-state index is 12.4. The lowest BCUT2D eigenvalue weighted by Gasteiger charge is -2.22. The van der Waals surface area contributed by atoms with Gasteiger partial charge in [0.15, 0.2) is 5.78 Å². The summed E-state index contributed by atoms with van der Waals surface area (Å²) in [5.41, 5.74) is 2.63. The van der Waals surface area contributed by atoms with Gasteiger partial charge in [0, 0.05) is 25.3 Å². The summed E-state index contributed by atoms with van der Waals surface area (Å²) >= 11 is 0. The van der Waals surface area contributed by atoms with Crippen LogP contribution in [0.15, 0.2) is 34.9 Å². The van der Waals surface area contributed by atoms with Crippen LogP contribution >= 0.6 is 12.4 Å². The van der Waals surface area contributed by atoms with Gasteiger partial charge in [0.25, 0.3) is 0 Å². The summed E-state index contributed by atoms with van der Waals surface area (Å²) in [6.07, 6.45) is 5.47. The van der Waals surface area contributed by atoms with E-state index in [1.54, 1.807) is 0 Å². The zero-order valence-electron chi connectivity index (χ0n) is 14.1. The number of rotatable bonds is 6. The number of nitrogens with zero attached hydrogens (tertiary/aromatic N) is 1.